The lowest BCUT2D eigenvalue weighted by molar-refractivity contribution is -0.118. The minimum atomic E-state index is -0.412. The van der Waals surface area contributed by atoms with Gasteiger partial charge in [-0.1, -0.05) is 54.1 Å². The third kappa shape index (κ3) is 4.79. The van der Waals surface area contributed by atoms with Gasteiger partial charge >= 0.3 is 0 Å². The highest BCUT2D eigenvalue weighted by atomic mass is 16.7. The SMILES string of the molecule is Cc1ccc(N2C(=O)C(Cc3ccccc3)N=C2N2CCN(Cc3ccc4c(c3)OCO4)CC2)c(C)c1. The van der Waals surface area contributed by atoms with E-state index >= 15 is 0 Å². The van der Waals surface area contributed by atoms with E-state index in [1.54, 1.807) is 0 Å². The lowest BCUT2D eigenvalue weighted by Gasteiger charge is -2.38. The van der Waals surface area contributed by atoms with Gasteiger partial charge in [0.25, 0.3) is 5.91 Å². The van der Waals surface area contributed by atoms with Gasteiger partial charge in [-0.2, -0.15) is 0 Å². The number of carbonyl (C=O) groups excluding carboxylic acids is 1. The number of guanidine groups is 1. The van der Waals surface area contributed by atoms with E-state index in [-0.39, 0.29) is 5.91 Å². The molecule has 7 heteroatoms. The van der Waals surface area contributed by atoms with Crippen LogP contribution in [0.15, 0.2) is 71.7 Å². The Morgan fingerprint density at radius 1 is 0.865 bits per heavy atom. The van der Waals surface area contributed by atoms with Crippen molar-refractivity contribution < 1.29 is 14.3 Å². The van der Waals surface area contributed by atoms with Crippen LogP contribution < -0.4 is 14.4 Å². The lowest BCUT2D eigenvalue weighted by atomic mass is 10.1. The number of aliphatic imine (C=N–C) groups is 1. The van der Waals surface area contributed by atoms with Gasteiger partial charge in [-0.15, -0.1) is 0 Å². The van der Waals surface area contributed by atoms with Crippen LogP contribution in [-0.2, 0) is 17.8 Å². The maximum absolute atomic E-state index is 13.8. The third-order valence-corrected chi connectivity index (χ3v) is 7.34. The molecule has 1 atom stereocenters. The van der Waals surface area contributed by atoms with Gasteiger partial charge < -0.3 is 14.4 Å². The second kappa shape index (κ2) is 9.90. The third-order valence-electron chi connectivity index (χ3n) is 7.34. The van der Waals surface area contributed by atoms with Crippen molar-refractivity contribution in [2.75, 3.05) is 37.9 Å². The molecule has 0 aliphatic carbocycles. The molecule has 3 heterocycles. The molecule has 7 nitrogen and oxygen atoms in total. The Labute approximate surface area is 217 Å². The maximum atomic E-state index is 13.8. The topological polar surface area (TPSA) is 57.6 Å². The zero-order valence-electron chi connectivity index (χ0n) is 21.4. The number of amides is 1. The molecule has 0 aromatic heterocycles. The highest BCUT2D eigenvalue weighted by Crippen LogP contribution is 2.33. The molecule has 3 aliphatic heterocycles. The minimum absolute atomic E-state index is 0.0496. The zero-order valence-corrected chi connectivity index (χ0v) is 21.4. The largest absolute Gasteiger partial charge is 0.454 e. The van der Waals surface area contributed by atoms with Crippen LogP contribution in [0.2, 0.25) is 0 Å². The first-order chi connectivity index (χ1) is 18.0. The molecule has 190 valence electrons. The number of hydrogen-bond donors (Lipinski definition) is 0. The van der Waals surface area contributed by atoms with Crippen molar-refractivity contribution >= 4 is 17.6 Å². The van der Waals surface area contributed by atoms with Crippen molar-refractivity contribution in [1.82, 2.24) is 9.80 Å². The first-order valence-electron chi connectivity index (χ1n) is 12.9. The summed E-state index contributed by atoms with van der Waals surface area (Å²) in [5.74, 6) is 2.46. The van der Waals surface area contributed by atoms with Gasteiger partial charge in [0, 0.05) is 39.1 Å². The van der Waals surface area contributed by atoms with Crippen LogP contribution in [0, 0.1) is 13.8 Å². The number of hydrogen-bond acceptors (Lipinski definition) is 6. The van der Waals surface area contributed by atoms with E-state index in [1.165, 1.54) is 11.1 Å². The van der Waals surface area contributed by atoms with Crippen LogP contribution in [0.4, 0.5) is 5.69 Å². The molecule has 0 radical (unpaired) electrons. The summed E-state index contributed by atoms with van der Waals surface area (Å²) in [5, 5.41) is 0. The Morgan fingerprint density at radius 3 is 2.43 bits per heavy atom. The fourth-order valence-corrected chi connectivity index (χ4v) is 5.38. The van der Waals surface area contributed by atoms with Crippen molar-refractivity contribution in [1.29, 1.82) is 0 Å². The fraction of sp³-hybridized carbons (Fsp3) is 0.333. The molecule has 3 aliphatic rings. The standard InChI is InChI=1S/C30H32N4O3/c1-21-8-10-26(22(2)16-21)34-29(35)25(17-23-6-4-3-5-7-23)31-30(34)33-14-12-32(13-15-33)19-24-9-11-27-28(18-24)37-20-36-27/h3-11,16,18,25H,12-15,17,19-20H2,1-2H3. The van der Waals surface area contributed by atoms with Gasteiger partial charge in [0.2, 0.25) is 12.8 Å². The Morgan fingerprint density at radius 2 is 1.65 bits per heavy atom. The maximum Gasteiger partial charge on any atom is 0.259 e. The van der Waals surface area contributed by atoms with Crippen molar-refractivity contribution in [3.8, 4) is 11.5 Å². The van der Waals surface area contributed by atoms with Crippen LogP contribution in [-0.4, -0.2) is 60.7 Å². The number of benzene rings is 3. The number of fused-ring (bicyclic) bond motifs is 1. The summed E-state index contributed by atoms with van der Waals surface area (Å²) in [4.78, 5) is 25.4. The Balaban J connectivity index is 1.20. The van der Waals surface area contributed by atoms with E-state index in [0.717, 1.165) is 67.0 Å². The molecule has 6 rings (SSSR count). The molecule has 3 aromatic rings. The van der Waals surface area contributed by atoms with Crippen LogP contribution in [0.5, 0.6) is 11.5 Å². The molecule has 1 fully saturated rings. The number of carbonyl (C=O) groups is 1. The molecule has 37 heavy (non-hydrogen) atoms. The molecule has 0 saturated carbocycles. The van der Waals surface area contributed by atoms with Crippen LogP contribution >= 0.6 is 0 Å². The first kappa shape index (κ1) is 23.6. The summed E-state index contributed by atoms with van der Waals surface area (Å²) >= 11 is 0. The van der Waals surface area contributed by atoms with Gasteiger partial charge in [0.15, 0.2) is 11.5 Å². The molecule has 0 bridgehead atoms. The highest BCUT2D eigenvalue weighted by Gasteiger charge is 2.39. The van der Waals surface area contributed by atoms with Gasteiger partial charge in [-0.3, -0.25) is 9.69 Å². The smallest absolute Gasteiger partial charge is 0.259 e. The second-order valence-electron chi connectivity index (χ2n) is 10.0. The Bertz CT molecular complexity index is 1330. The Kier molecular flexibility index (Phi) is 6.30. The summed E-state index contributed by atoms with van der Waals surface area (Å²) in [6, 6.07) is 22.2. The van der Waals surface area contributed by atoms with Crippen molar-refractivity contribution in [3.63, 3.8) is 0 Å². The normalized spacial score (nSPS) is 19.5. The summed E-state index contributed by atoms with van der Waals surface area (Å²) in [5.41, 5.74) is 5.53. The molecule has 3 aromatic carbocycles. The zero-order chi connectivity index (χ0) is 25.4. The van der Waals surface area contributed by atoms with Crippen LogP contribution in [0.25, 0.3) is 0 Å². The number of anilines is 1. The molecule has 1 unspecified atom stereocenters. The van der Waals surface area contributed by atoms with Gasteiger partial charge in [-0.25, -0.2) is 9.89 Å². The number of aryl methyl sites for hydroxylation is 2. The van der Waals surface area contributed by atoms with Crippen molar-refractivity contribution in [3.05, 3.63) is 89.0 Å². The summed E-state index contributed by atoms with van der Waals surface area (Å²) in [6.07, 6.45) is 0.606. The predicted octanol–water partition coefficient (Wildman–Crippen LogP) is 4.16. The second-order valence-corrected chi connectivity index (χ2v) is 10.0. The first-order valence-corrected chi connectivity index (χ1v) is 12.9. The van der Waals surface area contributed by atoms with Gasteiger partial charge in [0.05, 0.1) is 5.69 Å². The molecule has 0 spiro atoms. The van der Waals surface area contributed by atoms with Crippen molar-refractivity contribution in [2.24, 2.45) is 4.99 Å². The molecule has 1 amide bonds. The Hall–Kier alpha value is -3.84. The summed E-state index contributed by atoms with van der Waals surface area (Å²) in [6.45, 7) is 8.72. The van der Waals surface area contributed by atoms with Gasteiger partial charge in [-0.05, 0) is 48.7 Å². The molecular formula is C30H32N4O3. The number of nitrogens with zero attached hydrogens (tertiary/aromatic N) is 4. The average Bonchev–Trinajstić information content (AvgIpc) is 3.50. The van der Waals surface area contributed by atoms with E-state index in [2.05, 4.69) is 66.1 Å². The molecule has 0 N–H and O–H groups in total. The van der Waals surface area contributed by atoms with Crippen LogP contribution in [0.1, 0.15) is 22.3 Å². The average molecular weight is 497 g/mol. The monoisotopic (exact) mass is 496 g/mol. The van der Waals surface area contributed by atoms with E-state index in [1.807, 2.05) is 29.2 Å². The van der Waals surface area contributed by atoms with E-state index in [0.29, 0.717) is 13.2 Å². The van der Waals surface area contributed by atoms with Crippen LogP contribution in [0.3, 0.4) is 0 Å². The lowest BCUT2D eigenvalue weighted by Crippen LogP contribution is -2.53. The van der Waals surface area contributed by atoms with E-state index in [4.69, 9.17) is 14.5 Å². The quantitative estimate of drug-likeness (QED) is 0.531. The van der Waals surface area contributed by atoms with Gasteiger partial charge in [0.1, 0.15) is 6.04 Å². The van der Waals surface area contributed by atoms with E-state index < -0.39 is 6.04 Å². The fourth-order valence-electron chi connectivity index (χ4n) is 5.38. The summed E-state index contributed by atoms with van der Waals surface area (Å²) in [7, 11) is 0. The number of ether oxygens (including phenoxy) is 2. The highest BCUT2D eigenvalue weighted by molar-refractivity contribution is 6.22. The van der Waals surface area contributed by atoms with E-state index in [9.17, 15) is 4.79 Å². The molecular weight excluding hydrogens is 464 g/mol. The predicted molar refractivity (Wildman–Crippen MR) is 144 cm³/mol. The van der Waals surface area contributed by atoms with Crippen molar-refractivity contribution in [2.45, 2.75) is 32.9 Å². The molecule has 1 saturated heterocycles. The summed E-state index contributed by atoms with van der Waals surface area (Å²) < 4.78 is 11.0. The minimum Gasteiger partial charge on any atom is -0.454 e. The number of rotatable bonds is 5. The number of piperazine rings is 1.